The van der Waals surface area contributed by atoms with Crippen molar-refractivity contribution in [3.63, 3.8) is 0 Å². The first-order chi connectivity index (χ1) is 9.02. The van der Waals surface area contributed by atoms with Crippen LogP contribution >= 0.6 is 0 Å². The van der Waals surface area contributed by atoms with Crippen LogP contribution in [0.2, 0.25) is 0 Å². The summed E-state index contributed by atoms with van der Waals surface area (Å²) in [6, 6.07) is 3.99. The number of phenols is 2. The molecule has 2 aromatic rings. The second kappa shape index (κ2) is 3.65. The molecule has 0 saturated carbocycles. The molecule has 0 aliphatic heterocycles. The Hall–Kier alpha value is -2.69. The molecule has 0 bridgehead atoms. The zero-order valence-corrected chi connectivity index (χ0v) is 9.97. The van der Waals surface area contributed by atoms with Gasteiger partial charge in [-0.25, -0.2) is 0 Å². The van der Waals surface area contributed by atoms with Gasteiger partial charge in [-0.05, 0) is 30.7 Å². The summed E-state index contributed by atoms with van der Waals surface area (Å²) in [4.78, 5) is 28.6. The maximum absolute atomic E-state index is 12.4. The molecule has 2 N–H and O–H groups in total. The van der Waals surface area contributed by atoms with Crippen LogP contribution in [0.1, 0.15) is 37.5 Å². The van der Waals surface area contributed by atoms with Crippen molar-refractivity contribution in [3.05, 3.63) is 52.3 Å². The van der Waals surface area contributed by atoms with E-state index < -0.39 is 11.6 Å². The number of benzene rings is 1. The van der Waals surface area contributed by atoms with Gasteiger partial charge < -0.3 is 10.2 Å². The topological polar surface area (TPSA) is 87.5 Å². The first-order valence-electron chi connectivity index (χ1n) is 5.62. The third-order valence-corrected chi connectivity index (χ3v) is 3.22. The molecule has 0 amide bonds. The molecule has 0 fully saturated rings. The van der Waals surface area contributed by atoms with Crippen LogP contribution in [0.3, 0.4) is 0 Å². The van der Waals surface area contributed by atoms with Crippen LogP contribution in [-0.2, 0) is 0 Å². The molecule has 3 rings (SSSR count). The molecule has 1 heterocycles. The molecular weight excluding hydrogens is 246 g/mol. The Bertz CT molecular complexity index is 749. The van der Waals surface area contributed by atoms with Crippen LogP contribution in [0.4, 0.5) is 0 Å². The van der Waals surface area contributed by atoms with E-state index in [0.29, 0.717) is 5.56 Å². The van der Waals surface area contributed by atoms with Gasteiger partial charge in [-0.3, -0.25) is 14.6 Å². The number of fused-ring (bicyclic) bond motifs is 2. The quantitative estimate of drug-likeness (QED) is 0.595. The van der Waals surface area contributed by atoms with E-state index in [0.717, 1.165) is 0 Å². The fourth-order valence-electron chi connectivity index (χ4n) is 2.30. The van der Waals surface area contributed by atoms with Crippen LogP contribution < -0.4 is 0 Å². The summed E-state index contributed by atoms with van der Waals surface area (Å²) in [5, 5.41) is 19.5. The lowest BCUT2D eigenvalue weighted by atomic mass is 9.84. The molecule has 94 valence electrons. The number of aromatic nitrogens is 1. The summed E-state index contributed by atoms with van der Waals surface area (Å²) in [6.45, 7) is 1.69. The van der Waals surface area contributed by atoms with Gasteiger partial charge in [-0.15, -0.1) is 0 Å². The van der Waals surface area contributed by atoms with Crippen molar-refractivity contribution >= 4 is 11.6 Å². The van der Waals surface area contributed by atoms with Gasteiger partial charge in [0, 0.05) is 6.20 Å². The summed E-state index contributed by atoms with van der Waals surface area (Å²) in [7, 11) is 0. The Balaban J connectivity index is 2.43. The van der Waals surface area contributed by atoms with Crippen molar-refractivity contribution < 1.29 is 19.8 Å². The van der Waals surface area contributed by atoms with Crippen molar-refractivity contribution in [1.82, 2.24) is 4.98 Å². The van der Waals surface area contributed by atoms with Crippen LogP contribution in [0.15, 0.2) is 24.4 Å². The number of aryl methyl sites for hydroxylation is 1. The predicted octanol–water partition coefficient (Wildman–Crippen LogP) is 1.58. The SMILES string of the molecule is Cc1ccnc2c1C(=O)c1c(O)ccc(O)c1C2=O. The van der Waals surface area contributed by atoms with Crippen molar-refractivity contribution in [1.29, 1.82) is 0 Å². The Kier molecular flexibility index (Phi) is 2.19. The third kappa shape index (κ3) is 1.38. The van der Waals surface area contributed by atoms with E-state index in [9.17, 15) is 19.8 Å². The minimum Gasteiger partial charge on any atom is -0.507 e. The highest BCUT2D eigenvalue weighted by atomic mass is 16.3. The highest BCUT2D eigenvalue weighted by Crippen LogP contribution is 2.37. The number of phenolic OH excluding ortho intramolecular Hbond substituents is 2. The molecule has 0 radical (unpaired) electrons. The molecule has 0 atom stereocenters. The van der Waals surface area contributed by atoms with Crippen LogP contribution in [0, 0.1) is 6.92 Å². The Labute approximate surface area is 108 Å². The maximum atomic E-state index is 12.4. The van der Waals surface area contributed by atoms with E-state index in [1.54, 1.807) is 13.0 Å². The molecule has 1 aromatic heterocycles. The van der Waals surface area contributed by atoms with Gasteiger partial charge in [0.05, 0.1) is 16.7 Å². The lowest BCUT2D eigenvalue weighted by molar-refractivity contribution is 0.0970. The lowest BCUT2D eigenvalue weighted by Gasteiger charge is -2.19. The lowest BCUT2D eigenvalue weighted by Crippen LogP contribution is -2.23. The second-order valence-corrected chi connectivity index (χ2v) is 4.36. The summed E-state index contributed by atoms with van der Waals surface area (Å²) >= 11 is 0. The van der Waals surface area contributed by atoms with Gasteiger partial charge >= 0.3 is 0 Å². The molecule has 1 aliphatic rings. The van der Waals surface area contributed by atoms with Crippen molar-refractivity contribution in [2.75, 3.05) is 0 Å². The number of pyridine rings is 1. The van der Waals surface area contributed by atoms with Crippen molar-refractivity contribution in [2.45, 2.75) is 6.92 Å². The van der Waals surface area contributed by atoms with Crippen LogP contribution in [0.25, 0.3) is 0 Å². The Morgan fingerprint density at radius 2 is 1.47 bits per heavy atom. The first kappa shape index (κ1) is 11.4. The van der Waals surface area contributed by atoms with Crippen molar-refractivity contribution in [3.8, 4) is 11.5 Å². The van der Waals surface area contributed by atoms with Gasteiger partial charge in [0.1, 0.15) is 17.2 Å². The number of rotatable bonds is 0. The average molecular weight is 255 g/mol. The van der Waals surface area contributed by atoms with Crippen LogP contribution in [0.5, 0.6) is 11.5 Å². The Morgan fingerprint density at radius 3 is 2.11 bits per heavy atom. The molecule has 0 saturated heterocycles. The molecule has 1 aliphatic carbocycles. The van der Waals surface area contributed by atoms with Gasteiger partial charge in [-0.1, -0.05) is 0 Å². The zero-order valence-electron chi connectivity index (χ0n) is 9.97. The molecular formula is C14H9NO4. The minimum atomic E-state index is -0.554. The van der Waals surface area contributed by atoms with Crippen LogP contribution in [-0.4, -0.2) is 26.8 Å². The summed E-state index contributed by atoms with van der Waals surface area (Å²) in [5.41, 5.74) is 0.459. The number of nitrogens with zero attached hydrogens (tertiary/aromatic N) is 1. The summed E-state index contributed by atoms with van der Waals surface area (Å²) in [6.07, 6.45) is 1.43. The minimum absolute atomic E-state index is 0.0124. The molecule has 0 spiro atoms. The van der Waals surface area contributed by atoms with Crippen molar-refractivity contribution in [2.24, 2.45) is 0 Å². The van der Waals surface area contributed by atoms with Gasteiger partial charge in [0.25, 0.3) is 0 Å². The number of ketones is 2. The fraction of sp³-hybridized carbons (Fsp3) is 0.0714. The number of aromatic hydroxyl groups is 2. The number of carbonyl (C=O) groups excluding carboxylic acids is 2. The molecule has 1 aromatic carbocycles. The van der Waals surface area contributed by atoms with Gasteiger partial charge in [-0.2, -0.15) is 0 Å². The highest BCUT2D eigenvalue weighted by Gasteiger charge is 2.36. The Morgan fingerprint density at radius 1 is 0.895 bits per heavy atom. The number of hydrogen-bond acceptors (Lipinski definition) is 5. The smallest absolute Gasteiger partial charge is 0.216 e. The predicted molar refractivity (Wildman–Crippen MR) is 65.6 cm³/mol. The fourth-order valence-corrected chi connectivity index (χ4v) is 2.30. The number of hydrogen-bond donors (Lipinski definition) is 2. The van der Waals surface area contributed by atoms with Gasteiger partial charge in [0.15, 0.2) is 5.78 Å². The zero-order chi connectivity index (χ0) is 13.7. The van der Waals surface area contributed by atoms with E-state index >= 15 is 0 Å². The monoisotopic (exact) mass is 255 g/mol. The maximum Gasteiger partial charge on any atom is 0.216 e. The number of carbonyl (C=O) groups is 2. The largest absolute Gasteiger partial charge is 0.507 e. The normalized spacial score (nSPS) is 13.1. The van der Waals surface area contributed by atoms with E-state index in [2.05, 4.69) is 4.98 Å². The molecule has 19 heavy (non-hydrogen) atoms. The third-order valence-electron chi connectivity index (χ3n) is 3.22. The highest BCUT2D eigenvalue weighted by molar-refractivity contribution is 6.29. The van der Waals surface area contributed by atoms with Gasteiger partial charge in [0.2, 0.25) is 5.78 Å². The molecule has 5 nitrogen and oxygen atoms in total. The standard InChI is InChI=1S/C14H9NO4/c1-6-4-5-15-12-9(6)13(18)10-7(16)2-3-8(17)11(10)14(12)19/h2-5,16-17H,1H3. The van der Waals surface area contributed by atoms with E-state index in [-0.39, 0.29) is 33.9 Å². The molecule has 0 unspecified atom stereocenters. The second-order valence-electron chi connectivity index (χ2n) is 4.36. The van der Waals surface area contributed by atoms with E-state index in [1.807, 2.05) is 0 Å². The first-order valence-corrected chi connectivity index (χ1v) is 5.62. The molecule has 5 heteroatoms. The summed E-state index contributed by atoms with van der Waals surface area (Å²) in [5.74, 6) is -1.70. The average Bonchev–Trinajstić information content (AvgIpc) is 2.38. The van der Waals surface area contributed by atoms with E-state index in [1.165, 1.54) is 18.3 Å². The summed E-state index contributed by atoms with van der Waals surface area (Å²) < 4.78 is 0. The van der Waals surface area contributed by atoms with E-state index in [4.69, 9.17) is 0 Å².